The minimum absolute atomic E-state index is 0. The number of carbonyl (C=O) groups is 1. The molecule has 88 valence electrons. The summed E-state index contributed by atoms with van der Waals surface area (Å²) in [4.78, 5) is 8.67. The Balaban J connectivity index is 0.00000256. The molecule has 0 amide bonds. The molecule has 0 fully saturated rings. The smallest absolute Gasteiger partial charge is 0.744 e. The Kier molecular flexibility index (Phi) is 5.47. The van der Waals surface area contributed by atoms with Gasteiger partial charge in [-0.2, -0.15) is 8.42 Å². The van der Waals surface area contributed by atoms with Crippen LogP contribution in [0.5, 0.6) is 0 Å². The molecule has 0 unspecified atom stereocenters. The summed E-state index contributed by atoms with van der Waals surface area (Å²) in [6.45, 7) is 0. The molecule has 0 aromatic heterocycles. The Morgan fingerprint density at radius 2 is 1.71 bits per heavy atom. The fourth-order valence-electron chi connectivity index (χ4n) is 0.991. The third-order valence-corrected chi connectivity index (χ3v) is 3.42. The van der Waals surface area contributed by atoms with E-state index in [0.29, 0.717) is 6.07 Å². The Morgan fingerprint density at radius 3 is 2.06 bits per heavy atom. The molecule has 0 saturated carbocycles. The number of aldehydes is 1. The predicted molar refractivity (Wildman–Crippen MR) is 49.6 cm³/mol. The molecule has 0 heterocycles. The molecule has 0 aliphatic heterocycles. The number of benzene rings is 1. The van der Waals surface area contributed by atoms with E-state index in [1.54, 1.807) is 0 Å². The molecule has 1 aromatic carbocycles. The average molecular weight is 288 g/mol. The van der Waals surface area contributed by atoms with Gasteiger partial charge in [0.1, 0.15) is 15.0 Å². The molecule has 0 radical (unpaired) electrons. The Labute approximate surface area is 120 Å². The van der Waals surface area contributed by atoms with Crippen LogP contribution in [0.1, 0.15) is 10.4 Å². The van der Waals surface area contributed by atoms with E-state index < -0.39 is 35.6 Å². The van der Waals surface area contributed by atoms with Crippen LogP contribution in [-0.2, 0) is 20.2 Å². The zero-order valence-corrected chi connectivity index (χ0v) is 12.2. The van der Waals surface area contributed by atoms with Gasteiger partial charge in [0.05, 0.1) is 4.90 Å². The summed E-state index contributed by atoms with van der Waals surface area (Å²) in [6.07, 6.45) is 0.115. The molecule has 0 aliphatic carbocycles. The molecule has 7 nitrogen and oxygen atoms in total. The maximum Gasteiger partial charge on any atom is 1.00 e. The molecule has 10 heteroatoms. The van der Waals surface area contributed by atoms with E-state index in [1.165, 1.54) is 0 Å². The predicted octanol–water partition coefficient (Wildman–Crippen LogP) is -3.35. The van der Waals surface area contributed by atoms with Crippen LogP contribution in [0.3, 0.4) is 0 Å². The minimum atomic E-state index is -4.85. The first-order valence-electron chi connectivity index (χ1n) is 3.69. The van der Waals surface area contributed by atoms with Gasteiger partial charge in [0.25, 0.3) is 10.1 Å². The molecule has 0 saturated heterocycles. The molecule has 1 aromatic rings. The van der Waals surface area contributed by atoms with Crippen LogP contribution >= 0.6 is 0 Å². The molecular weight excluding hydrogens is 283 g/mol. The second-order valence-corrected chi connectivity index (χ2v) is 5.52. The quantitative estimate of drug-likeness (QED) is 0.349. The summed E-state index contributed by atoms with van der Waals surface area (Å²) >= 11 is 0. The second-order valence-electron chi connectivity index (χ2n) is 2.75. The minimum Gasteiger partial charge on any atom is -0.744 e. The van der Waals surface area contributed by atoms with Crippen LogP contribution in [0.25, 0.3) is 0 Å². The van der Waals surface area contributed by atoms with E-state index in [-0.39, 0.29) is 35.8 Å². The number of carbonyl (C=O) groups excluding carboxylic acids is 1. The zero-order chi connectivity index (χ0) is 12.6. The molecule has 1 rings (SSSR count). The van der Waals surface area contributed by atoms with Crippen LogP contribution in [0, 0.1) is 0 Å². The summed E-state index contributed by atoms with van der Waals surface area (Å²) in [5.41, 5.74) is -0.435. The largest absolute Gasteiger partial charge is 1.00 e. The van der Waals surface area contributed by atoms with Crippen molar-refractivity contribution in [3.8, 4) is 0 Å². The second kappa shape index (κ2) is 5.57. The van der Waals surface area contributed by atoms with E-state index in [4.69, 9.17) is 4.55 Å². The first-order chi connectivity index (χ1) is 7.16. The molecule has 0 atom stereocenters. The van der Waals surface area contributed by atoms with Gasteiger partial charge in [0.2, 0.25) is 0 Å². The van der Waals surface area contributed by atoms with Gasteiger partial charge < -0.3 is 4.55 Å². The summed E-state index contributed by atoms with van der Waals surface area (Å²) < 4.78 is 62.1. The van der Waals surface area contributed by atoms with Crippen molar-refractivity contribution in [3.05, 3.63) is 23.8 Å². The molecule has 17 heavy (non-hydrogen) atoms. The van der Waals surface area contributed by atoms with Crippen LogP contribution in [-0.4, -0.2) is 32.2 Å². The Morgan fingerprint density at radius 1 is 1.18 bits per heavy atom. The summed E-state index contributed by atoms with van der Waals surface area (Å²) in [6, 6.07) is 2.03. The third kappa shape index (κ3) is 4.14. The molecule has 0 spiro atoms. The van der Waals surface area contributed by atoms with Crippen LogP contribution in [0.2, 0.25) is 0 Å². The maximum atomic E-state index is 10.8. The Bertz CT molecular complexity index is 632. The van der Waals surface area contributed by atoms with Gasteiger partial charge in [-0.1, -0.05) is 0 Å². The summed E-state index contributed by atoms with van der Waals surface area (Å²) in [5, 5.41) is 0. The van der Waals surface area contributed by atoms with Gasteiger partial charge in [-0.15, -0.1) is 0 Å². The van der Waals surface area contributed by atoms with Gasteiger partial charge in [-0.25, -0.2) is 8.42 Å². The monoisotopic (exact) mass is 288 g/mol. The van der Waals surface area contributed by atoms with Crippen molar-refractivity contribution in [3.63, 3.8) is 0 Å². The van der Waals surface area contributed by atoms with Gasteiger partial charge in [0.15, 0.2) is 6.29 Å². The van der Waals surface area contributed by atoms with Gasteiger partial charge in [-0.05, 0) is 18.2 Å². The number of hydrogen-bond acceptors (Lipinski definition) is 6. The average Bonchev–Trinajstić information content (AvgIpc) is 2.14. The Hall–Kier alpha value is -0.290. The third-order valence-electron chi connectivity index (χ3n) is 1.68. The van der Waals surface area contributed by atoms with Crippen molar-refractivity contribution in [2.24, 2.45) is 0 Å². The maximum absolute atomic E-state index is 10.8. The topological polar surface area (TPSA) is 129 Å². The van der Waals surface area contributed by atoms with E-state index >= 15 is 0 Å². The van der Waals surface area contributed by atoms with Crippen LogP contribution < -0.4 is 29.6 Å². The standard InChI is InChI=1S/C7H6O7S2.Na/c8-4-5-1-2-6(15(9,10)11)3-7(5)16(12,13)14;/h1-4H,(H,9,10,11)(H,12,13,14);/q;+1/p-1. The van der Waals surface area contributed by atoms with Crippen molar-refractivity contribution in [2.45, 2.75) is 9.79 Å². The normalized spacial score (nSPS) is 11.6. The van der Waals surface area contributed by atoms with E-state index in [9.17, 15) is 26.2 Å². The van der Waals surface area contributed by atoms with Gasteiger partial charge >= 0.3 is 29.6 Å². The fourth-order valence-corrected chi connectivity index (χ4v) is 2.25. The first kappa shape index (κ1) is 16.7. The SMILES string of the molecule is O=Cc1ccc(S(=O)(=O)[O-])cc1S(=O)(=O)O.[Na+]. The first-order valence-corrected chi connectivity index (χ1v) is 6.53. The zero-order valence-electron chi connectivity index (χ0n) is 8.52. The number of rotatable bonds is 3. The van der Waals surface area contributed by atoms with E-state index in [0.717, 1.165) is 12.1 Å². The van der Waals surface area contributed by atoms with Crippen molar-refractivity contribution in [2.75, 3.05) is 0 Å². The fraction of sp³-hybridized carbons (Fsp3) is 0. The van der Waals surface area contributed by atoms with E-state index in [2.05, 4.69) is 0 Å². The van der Waals surface area contributed by atoms with Crippen LogP contribution in [0.4, 0.5) is 0 Å². The molecule has 0 bridgehead atoms. The molecule has 0 aliphatic rings. The van der Waals surface area contributed by atoms with Crippen molar-refractivity contribution >= 4 is 26.5 Å². The van der Waals surface area contributed by atoms with Gasteiger partial charge in [0, 0.05) is 5.56 Å². The van der Waals surface area contributed by atoms with Crippen molar-refractivity contribution in [1.82, 2.24) is 0 Å². The molecule has 1 N–H and O–H groups in total. The van der Waals surface area contributed by atoms with Crippen molar-refractivity contribution < 1.29 is 60.3 Å². The van der Waals surface area contributed by atoms with Crippen molar-refractivity contribution in [1.29, 1.82) is 0 Å². The van der Waals surface area contributed by atoms with Gasteiger partial charge in [-0.3, -0.25) is 9.35 Å². The summed E-state index contributed by atoms with van der Waals surface area (Å²) in [7, 11) is -9.62. The number of hydrogen-bond donors (Lipinski definition) is 1. The van der Waals surface area contributed by atoms with Crippen LogP contribution in [0.15, 0.2) is 28.0 Å². The van der Waals surface area contributed by atoms with E-state index in [1.807, 2.05) is 0 Å². The summed E-state index contributed by atoms with van der Waals surface area (Å²) in [5.74, 6) is 0. The molecular formula is C7H5NaO7S2.